The van der Waals surface area contributed by atoms with E-state index in [2.05, 4.69) is 46.3 Å². The van der Waals surface area contributed by atoms with E-state index in [9.17, 15) is 4.79 Å². The Morgan fingerprint density at radius 3 is 2.57 bits per heavy atom. The zero-order valence-electron chi connectivity index (χ0n) is 12.6. The third kappa shape index (κ3) is 3.31. The van der Waals surface area contributed by atoms with Gasteiger partial charge in [0.15, 0.2) is 0 Å². The van der Waals surface area contributed by atoms with Crippen LogP contribution >= 0.6 is 0 Å². The first-order chi connectivity index (χ1) is 10.0. The fourth-order valence-electron chi connectivity index (χ4n) is 2.36. The maximum absolute atomic E-state index is 10.6. The molecule has 1 aromatic heterocycles. The van der Waals surface area contributed by atoms with E-state index >= 15 is 0 Å². The Morgan fingerprint density at radius 2 is 2.00 bits per heavy atom. The number of carbonyl (C=O) groups excluding carboxylic acids is 1. The number of rotatable bonds is 4. The molecule has 0 bridgehead atoms. The van der Waals surface area contributed by atoms with E-state index in [4.69, 9.17) is 5.73 Å². The number of hydrogen-bond acceptors (Lipinski definition) is 2. The van der Waals surface area contributed by atoms with Crippen molar-refractivity contribution in [3.05, 3.63) is 52.8 Å². The van der Waals surface area contributed by atoms with Crippen molar-refractivity contribution in [1.29, 1.82) is 0 Å². The van der Waals surface area contributed by atoms with Crippen molar-refractivity contribution in [2.24, 2.45) is 10.8 Å². The minimum Gasteiger partial charge on any atom is -0.350 e. The first-order valence-corrected chi connectivity index (χ1v) is 6.89. The highest BCUT2D eigenvalue weighted by molar-refractivity contribution is 5.83. The summed E-state index contributed by atoms with van der Waals surface area (Å²) in [6.45, 7) is 6.20. The zero-order chi connectivity index (χ0) is 15.4. The standard InChI is InChI=1S/C16H20N4O/c1-4-13-5-7-15(8-6-13)20-11(2)9-14(12(20)3)10-18-19-16(17)21/h5-10H,4H2,1-3H3,(H3,17,19,21)/b18-10-. The molecule has 0 atom stereocenters. The van der Waals surface area contributed by atoms with Gasteiger partial charge in [-0.2, -0.15) is 5.10 Å². The lowest BCUT2D eigenvalue weighted by Crippen LogP contribution is -2.24. The number of primary amides is 1. The van der Waals surface area contributed by atoms with Gasteiger partial charge in [-0.05, 0) is 44.0 Å². The first-order valence-electron chi connectivity index (χ1n) is 6.89. The van der Waals surface area contributed by atoms with Crippen molar-refractivity contribution < 1.29 is 4.79 Å². The van der Waals surface area contributed by atoms with Crippen LogP contribution in [0.3, 0.4) is 0 Å². The van der Waals surface area contributed by atoms with Gasteiger partial charge in [0.25, 0.3) is 0 Å². The topological polar surface area (TPSA) is 72.4 Å². The second-order valence-corrected chi connectivity index (χ2v) is 4.92. The molecule has 2 aromatic rings. The number of benzene rings is 1. The molecule has 0 radical (unpaired) electrons. The molecule has 0 saturated carbocycles. The highest BCUT2D eigenvalue weighted by Gasteiger charge is 2.09. The summed E-state index contributed by atoms with van der Waals surface area (Å²) in [6.07, 6.45) is 2.63. The fraction of sp³-hybridized carbons (Fsp3) is 0.250. The molecule has 1 aromatic carbocycles. The summed E-state index contributed by atoms with van der Waals surface area (Å²) in [7, 11) is 0. The van der Waals surface area contributed by atoms with Crippen molar-refractivity contribution in [3.8, 4) is 5.69 Å². The summed E-state index contributed by atoms with van der Waals surface area (Å²) >= 11 is 0. The van der Waals surface area contributed by atoms with Crippen molar-refractivity contribution in [1.82, 2.24) is 9.99 Å². The van der Waals surface area contributed by atoms with Gasteiger partial charge in [0.05, 0.1) is 6.21 Å². The van der Waals surface area contributed by atoms with Gasteiger partial charge in [0, 0.05) is 22.6 Å². The summed E-state index contributed by atoms with van der Waals surface area (Å²) in [5.74, 6) is 0. The van der Waals surface area contributed by atoms with Crippen molar-refractivity contribution in [2.45, 2.75) is 27.2 Å². The molecule has 1 heterocycles. The van der Waals surface area contributed by atoms with Crippen LogP contribution < -0.4 is 11.2 Å². The van der Waals surface area contributed by atoms with E-state index in [0.717, 1.165) is 29.1 Å². The number of nitrogens with zero attached hydrogens (tertiary/aromatic N) is 2. The lowest BCUT2D eigenvalue weighted by atomic mass is 10.1. The Labute approximate surface area is 124 Å². The summed E-state index contributed by atoms with van der Waals surface area (Å²) in [5, 5.41) is 3.81. The smallest absolute Gasteiger partial charge is 0.332 e. The van der Waals surface area contributed by atoms with E-state index in [1.807, 2.05) is 19.9 Å². The molecule has 5 nitrogen and oxygen atoms in total. The number of nitrogens with two attached hydrogens (primary N) is 1. The normalized spacial score (nSPS) is 11.0. The van der Waals surface area contributed by atoms with Gasteiger partial charge >= 0.3 is 6.03 Å². The van der Waals surface area contributed by atoms with Crippen LogP contribution in [0.15, 0.2) is 35.4 Å². The van der Waals surface area contributed by atoms with Gasteiger partial charge < -0.3 is 10.3 Å². The number of aromatic nitrogens is 1. The van der Waals surface area contributed by atoms with E-state index in [1.165, 1.54) is 5.56 Å². The molecule has 2 rings (SSSR count). The maximum atomic E-state index is 10.6. The predicted octanol–water partition coefficient (Wildman–Crippen LogP) is 2.66. The Balaban J connectivity index is 2.34. The highest BCUT2D eigenvalue weighted by Crippen LogP contribution is 2.20. The van der Waals surface area contributed by atoms with Gasteiger partial charge in [-0.1, -0.05) is 19.1 Å². The van der Waals surface area contributed by atoms with E-state index in [1.54, 1.807) is 6.21 Å². The summed E-state index contributed by atoms with van der Waals surface area (Å²) < 4.78 is 2.16. The number of carbonyl (C=O) groups is 1. The number of hydrogen-bond donors (Lipinski definition) is 2. The van der Waals surface area contributed by atoms with E-state index in [-0.39, 0.29) is 0 Å². The van der Waals surface area contributed by atoms with Crippen LogP contribution in [-0.4, -0.2) is 16.8 Å². The fourth-order valence-corrected chi connectivity index (χ4v) is 2.36. The van der Waals surface area contributed by atoms with Gasteiger partial charge in [0.1, 0.15) is 0 Å². The van der Waals surface area contributed by atoms with E-state index < -0.39 is 6.03 Å². The van der Waals surface area contributed by atoms with Crippen molar-refractivity contribution in [3.63, 3.8) is 0 Å². The van der Waals surface area contributed by atoms with Crippen molar-refractivity contribution >= 4 is 12.2 Å². The molecule has 0 aliphatic heterocycles. The lowest BCUT2D eigenvalue weighted by Gasteiger charge is -2.10. The Kier molecular flexibility index (Phi) is 4.42. The molecule has 3 N–H and O–H groups in total. The van der Waals surface area contributed by atoms with Crippen LogP contribution in [-0.2, 0) is 6.42 Å². The minimum absolute atomic E-state index is 0.671. The van der Waals surface area contributed by atoms with Gasteiger partial charge in [-0.25, -0.2) is 10.2 Å². The Hall–Kier alpha value is -2.56. The molecule has 0 aliphatic carbocycles. The van der Waals surface area contributed by atoms with Crippen molar-refractivity contribution in [2.75, 3.05) is 0 Å². The predicted molar refractivity (Wildman–Crippen MR) is 84.9 cm³/mol. The monoisotopic (exact) mass is 284 g/mol. The Morgan fingerprint density at radius 1 is 1.33 bits per heavy atom. The lowest BCUT2D eigenvalue weighted by molar-refractivity contribution is 0.249. The second-order valence-electron chi connectivity index (χ2n) is 4.92. The largest absolute Gasteiger partial charge is 0.350 e. The first kappa shape index (κ1) is 14.8. The molecule has 0 aliphatic rings. The summed E-state index contributed by atoms with van der Waals surface area (Å²) in [4.78, 5) is 10.6. The average molecular weight is 284 g/mol. The molecule has 0 fully saturated rings. The van der Waals surface area contributed by atoms with Crippen LogP contribution in [0.5, 0.6) is 0 Å². The van der Waals surface area contributed by atoms with Gasteiger partial charge in [0.2, 0.25) is 0 Å². The average Bonchev–Trinajstić information content (AvgIpc) is 2.73. The maximum Gasteiger partial charge on any atom is 0.332 e. The third-order valence-electron chi connectivity index (χ3n) is 3.45. The van der Waals surface area contributed by atoms with Gasteiger partial charge in [-0.3, -0.25) is 0 Å². The second kappa shape index (κ2) is 6.26. The van der Waals surface area contributed by atoms with Crippen LogP contribution in [0.25, 0.3) is 5.69 Å². The van der Waals surface area contributed by atoms with Crippen LogP contribution in [0, 0.1) is 13.8 Å². The molecule has 0 saturated heterocycles. The molecule has 21 heavy (non-hydrogen) atoms. The summed E-state index contributed by atoms with van der Waals surface area (Å²) in [6, 6.07) is 9.85. The van der Waals surface area contributed by atoms with Gasteiger partial charge in [-0.15, -0.1) is 0 Å². The van der Waals surface area contributed by atoms with Crippen LogP contribution in [0.2, 0.25) is 0 Å². The van der Waals surface area contributed by atoms with Crippen LogP contribution in [0.1, 0.15) is 29.4 Å². The minimum atomic E-state index is -0.671. The zero-order valence-corrected chi connectivity index (χ0v) is 12.6. The number of nitrogens with one attached hydrogen (secondary N) is 1. The molecule has 110 valence electrons. The number of amides is 2. The number of urea groups is 1. The molecular weight excluding hydrogens is 264 g/mol. The van der Waals surface area contributed by atoms with E-state index in [0.29, 0.717) is 0 Å². The number of aryl methyl sites for hydroxylation is 2. The molecule has 0 unspecified atom stereocenters. The molecule has 2 amide bonds. The number of hydrazone groups is 1. The quantitative estimate of drug-likeness (QED) is 0.657. The van der Waals surface area contributed by atoms with Crippen LogP contribution in [0.4, 0.5) is 4.79 Å². The molecular formula is C16H20N4O. The third-order valence-corrected chi connectivity index (χ3v) is 3.45. The SMILES string of the molecule is CCc1ccc(-n2c(C)cc(/C=N\NC(N)=O)c2C)cc1. The molecule has 0 spiro atoms. The molecule has 5 heteroatoms. The highest BCUT2D eigenvalue weighted by atomic mass is 16.2. The summed E-state index contributed by atoms with van der Waals surface area (Å²) in [5.41, 5.74) is 12.7. The Bertz CT molecular complexity index is 668.